The summed E-state index contributed by atoms with van der Waals surface area (Å²) in [6.07, 6.45) is 4.35. The largest absolute Gasteiger partial charge is 0.481 e. The third-order valence-electron chi connectivity index (χ3n) is 5.99. The molecule has 2 aromatic heterocycles. The highest BCUT2D eigenvalue weighted by atomic mass is 16.4. The fraction of sp³-hybridized carbons (Fsp3) is 0.308. The molecule has 176 valence electrons. The Hall–Kier alpha value is -3.78. The number of hydrogen-bond donors (Lipinski definition) is 4. The zero-order chi connectivity index (χ0) is 24.1. The Labute approximate surface area is 198 Å². The van der Waals surface area contributed by atoms with Gasteiger partial charge >= 0.3 is 5.97 Å². The van der Waals surface area contributed by atoms with Gasteiger partial charge in [0.15, 0.2) is 0 Å². The van der Waals surface area contributed by atoms with Crippen LogP contribution in [-0.4, -0.2) is 45.5 Å². The second kappa shape index (κ2) is 10.4. The Bertz CT molecular complexity index is 1190. The first-order chi connectivity index (χ1) is 16.5. The number of hydrogen-bond acceptors (Lipinski definition) is 7. The molecule has 4 N–H and O–H groups in total. The molecule has 0 bridgehead atoms. The van der Waals surface area contributed by atoms with E-state index in [1.54, 1.807) is 18.2 Å². The van der Waals surface area contributed by atoms with Crippen LogP contribution in [0.15, 0.2) is 48.5 Å². The predicted molar refractivity (Wildman–Crippen MR) is 133 cm³/mol. The summed E-state index contributed by atoms with van der Waals surface area (Å²) in [5.74, 6) is -0.677. The molecule has 1 saturated heterocycles. The summed E-state index contributed by atoms with van der Waals surface area (Å²) in [5, 5.41) is 30.2. The summed E-state index contributed by atoms with van der Waals surface area (Å²) >= 11 is 0. The van der Waals surface area contributed by atoms with E-state index in [1.807, 2.05) is 35.2 Å². The van der Waals surface area contributed by atoms with Gasteiger partial charge in [0.2, 0.25) is 0 Å². The lowest BCUT2D eigenvalue weighted by Gasteiger charge is -2.40. The number of unbranched alkanes of at least 4 members (excludes halogenated alkanes) is 1. The number of aliphatic carboxylic acids is 1. The van der Waals surface area contributed by atoms with Gasteiger partial charge in [-0.05, 0) is 49.2 Å². The summed E-state index contributed by atoms with van der Waals surface area (Å²) in [7, 11) is 0. The number of aliphatic hydroxyl groups is 1. The standard InChI is InChI=1S/C26H29N5O3/c1-2-3-6-19-7-4-9-22(28-19)17-11-23(30-25-10-5-8-20(16-32)29-25)21(13-27)24(12-17)31-14-18(15-31)26(33)34/h4-5,7-13,18,27,32H,2-3,6,14-16H2,1H3,(H,29,30)(H,33,34). The van der Waals surface area contributed by atoms with E-state index in [0.29, 0.717) is 35.9 Å². The van der Waals surface area contributed by atoms with Crippen molar-refractivity contribution in [2.45, 2.75) is 32.8 Å². The summed E-state index contributed by atoms with van der Waals surface area (Å²) in [6, 6.07) is 15.3. The highest BCUT2D eigenvalue weighted by molar-refractivity contribution is 5.97. The number of aryl methyl sites for hydroxylation is 1. The van der Waals surface area contributed by atoms with Gasteiger partial charge in [0.25, 0.3) is 0 Å². The van der Waals surface area contributed by atoms with Crippen molar-refractivity contribution in [3.63, 3.8) is 0 Å². The van der Waals surface area contributed by atoms with Crippen molar-refractivity contribution >= 4 is 29.4 Å². The van der Waals surface area contributed by atoms with Gasteiger partial charge in [0.05, 0.1) is 29.6 Å². The van der Waals surface area contributed by atoms with Crippen LogP contribution in [0.5, 0.6) is 0 Å². The highest BCUT2D eigenvalue weighted by Crippen LogP contribution is 2.37. The number of nitrogens with zero attached hydrogens (tertiary/aromatic N) is 3. The molecule has 0 aliphatic carbocycles. The maximum Gasteiger partial charge on any atom is 0.310 e. The molecular weight excluding hydrogens is 430 g/mol. The molecule has 1 aliphatic heterocycles. The predicted octanol–water partition coefficient (Wildman–Crippen LogP) is 4.24. The summed E-state index contributed by atoms with van der Waals surface area (Å²) in [5.41, 5.74) is 5.36. The van der Waals surface area contributed by atoms with E-state index in [1.165, 1.54) is 6.21 Å². The number of rotatable bonds is 10. The summed E-state index contributed by atoms with van der Waals surface area (Å²) < 4.78 is 0. The van der Waals surface area contributed by atoms with Crippen LogP contribution in [-0.2, 0) is 17.8 Å². The lowest BCUT2D eigenvalue weighted by Crippen LogP contribution is -2.50. The van der Waals surface area contributed by atoms with Gasteiger partial charge in [-0.1, -0.05) is 25.5 Å². The number of benzene rings is 1. The molecule has 1 aliphatic rings. The van der Waals surface area contributed by atoms with E-state index in [2.05, 4.69) is 17.2 Å². The van der Waals surface area contributed by atoms with E-state index < -0.39 is 11.9 Å². The zero-order valence-corrected chi connectivity index (χ0v) is 19.2. The maximum atomic E-state index is 11.4. The van der Waals surface area contributed by atoms with Gasteiger partial charge in [-0.25, -0.2) is 4.98 Å². The van der Waals surface area contributed by atoms with Crippen molar-refractivity contribution in [2.24, 2.45) is 5.92 Å². The van der Waals surface area contributed by atoms with Crippen LogP contribution in [0.1, 0.15) is 36.7 Å². The van der Waals surface area contributed by atoms with Gasteiger partial charge in [0, 0.05) is 41.8 Å². The number of nitrogens with one attached hydrogen (secondary N) is 2. The smallest absolute Gasteiger partial charge is 0.310 e. The van der Waals surface area contributed by atoms with Crippen LogP contribution in [0.3, 0.4) is 0 Å². The number of carboxylic acids is 1. The molecule has 3 heterocycles. The average Bonchev–Trinajstić information content (AvgIpc) is 2.81. The zero-order valence-electron chi connectivity index (χ0n) is 19.2. The molecule has 0 amide bonds. The van der Waals surface area contributed by atoms with Crippen LogP contribution < -0.4 is 10.2 Å². The second-order valence-corrected chi connectivity index (χ2v) is 8.46. The molecule has 0 saturated carbocycles. The second-order valence-electron chi connectivity index (χ2n) is 8.46. The molecular formula is C26H29N5O3. The number of carboxylic acid groups (broad SMARTS) is 1. The van der Waals surface area contributed by atoms with Crippen LogP contribution in [0.4, 0.5) is 17.2 Å². The van der Waals surface area contributed by atoms with Crippen LogP contribution in [0.2, 0.25) is 0 Å². The number of anilines is 3. The lowest BCUT2D eigenvalue weighted by atomic mass is 9.95. The fourth-order valence-electron chi connectivity index (χ4n) is 4.05. The third kappa shape index (κ3) is 5.07. The van der Waals surface area contributed by atoms with Gasteiger partial charge < -0.3 is 25.8 Å². The summed E-state index contributed by atoms with van der Waals surface area (Å²) in [4.78, 5) is 22.6. The normalized spacial score (nSPS) is 13.4. The van der Waals surface area contributed by atoms with Crippen molar-refractivity contribution in [3.05, 3.63) is 65.5 Å². The monoisotopic (exact) mass is 459 g/mol. The molecule has 0 spiro atoms. The number of carbonyl (C=O) groups is 1. The molecule has 34 heavy (non-hydrogen) atoms. The maximum absolute atomic E-state index is 11.4. The quantitative estimate of drug-likeness (QED) is 0.334. The Morgan fingerprint density at radius 1 is 1.18 bits per heavy atom. The van der Waals surface area contributed by atoms with Crippen molar-refractivity contribution in [1.29, 1.82) is 5.41 Å². The molecule has 4 rings (SSSR count). The van der Waals surface area contributed by atoms with E-state index in [9.17, 15) is 15.0 Å². The molecule has 1 fully saturated rings. The lowest BCUT2D eigenvalue weighted by molar-refractivity contribution is -0.142. The van der Waals surface area contributed by atoms with E-state index >= 15 is 0 Å². The van der Waals surface area contributed by atoms with E-state index in [0.717, 1.165) is 41.9 Å². The number of pyridine rings is 2. The third-order valence-corrected chi connectivity index (χ3v) is 5.99. The molecule has 0 unspecified atom stereocenters. The molecule has 0 radical (unpaired) electrons. The molecule has 1 aromatic carbocycles. The average molecular weight is 460 g/mol. The Kier molecular flexibility index (Phi) is 7.18. The SMILES string of the molecule is CCCCc1cccc(-c2cc(Nc3cccc(CO)n3)c(C=N)c(N3CC(C(=O)O)C3)c2)n1. The molecule has 8 heteroatoms. The Balaban J connectivity index is 1.77. The van der Waals surface area contributed by atoms with Crippen LogP contribution >= 0.6 is 0 Å². The first-order valence-corrected chi connectivity index (χ1v) is 11.5. The fourth-order valence-corrected chi connectivity index (χ4v) is 4.05. The van der Waals surface area contributed by atoms with Crippen LogP contribution in [0.25, 0.3) is 11.3 Å². The van der Waals surface area contributed by atoms with Gasteiger partial charge in [-0.2, -0.15) is 0 Å². The van der Waals surface area contributed by atoms with Crippen molar-refractivity contribution < 1.29 is 15.0 Å². The minimum Gasteiger partial charge on any atom is -0.481 e. The number of aliphatic hydroxyl groups excluding tert-OH is 1. The summed E-state index contributed by atoms with van der Waals surface area (Å²) in [6.45, 7) is 2.76. The van der Waals surface area contributed by atoms with Crippen molar-refractivity contribution in [1.82, 2.24) is 9.97 Å². The van der Waals surface area contributed by atoms with Gasteiger partial charge in [0.1, 0.15) is 5.82 Å². The highest BCUT2D eigenvalue weighted by Gasteiger charge is 2.34. The van der Waals surface area contributed by atoms with Crippen molar-refractivity contribution in [3.8, 4) is 11.3 Å². The first kappa shape index (κ1) is 23.4. The molecule has 8 nitrogen and oxygen atoms in total. The molecule has 0 atom stereocenters. The Morgan fingerprint density at radius 3 is 2.65 bits per heavy atom. The Morgan fingerprint density at radius 2 is 1.94 bits per heavy atom. The van der Waals surface area contributed by atoms with E-state index in [-0.39, 0.29) is 6.61 Å². The number of aromatic nitrogens is 2. The van der Waals surface area contributed by atoms with E-state index in [4.69, 9.17) is 10.4 Å². The van der Waals surface area contributed by atoms with Crippen molar-refractivity contribution in [2.75, 3.05) is 23.3 Å². The van der Waals surface area contributed by atoms with Crippen LogP contribution in [0, 0.1) is 11.3 Å². The minimum atomic E-state index is -0.808. The molecule has 3 aromatic rings. The van der Waals surface area contributed by atoms with Gasteiger partial charge in [-0.15, -0.1) is 0 Å². The van der Waals surface area contributed by atoms with Gasteiger partial charge in [-0.3, -0.25) is 9.78 Å². The topological polar surface area (TPSA) is 122 Å². The minimum absolute atomic E-state index is 0.170. The first-order valence-electron chi connectivity index (χ1n) is 11.5.